The molecule has 0 bridgehead atoms. The molecule has 2 aromatic rings. The van der Waals surface area contributed by atoms with Crippen LogP contribution in [0.5, 0.6) is 5.75 Å². The molecule has 0 amide bonds. The van der Waals surface area contributed by atoms with E-state index in [1.54, 1.807) is 12.1 Å². The summed E-state index contributed by atoms with van der Waals surface area (Å²) >= 11 is 7.53. The number of halogens is 1. The van der Waals surface area contributed by atoms with Gasteiger partial charge < -0.3 is 9.47 Å². The molecule has 0 N–H and O–H groups in total. The van der Waals surface area contributed by atoms with Gasteiger partial charge in [0.25, 0.3) is 5.69 Å². The lowest BCUT2D eigenvalue weighted by molar-refractivity contribution is -0.384. The van der Waals surface area contributed by atoms with Crippen LogP contribution in [-0.4, -0.2) is 11.7 Å². The first-order chi connectivity index (χ1) is 11.6. The van der Waals surface area contributed by atoms with E-state index in [9.17, 15) is 15.4 Å². The molecule has 6 nitrogen and oxygen atoms in total. The highest BCUT2D eigenvalue weighted by atomic mass is 35.5. The number of thioether (sulfide) groups is 1. The van der Waals surface area contributed by atoms with Gasteiger partial charge in [-0.25, -0.2) is 0 Å². The van der Waals surface area contributed by atoms with Crippen LogP contribution in [-0.2, 0) is 17.1 Å². The van der Waals surface area contributed by atoms with Crippen LogP contribution in [0.1, 0.15) is 16.7 Å². The van der Waals surface area contributed by atoms with Gasteiger partial charge in [-0.3, -0.25) is 10.1 Å². The van der Waals surface area contributed by atoms with Crippen LogP contribution in [0.25, 0.3) is 0 Å². The summed E-state index contributed by atoms with van der Waals surface area (Å²) in [6, 6.07) is 9.87. The maximum Gasteiger partial charge on any atom is 0.270 e. The third-order valence-corrected chi connectivity index (χ3v) is 4.77. The van der Waals surface area contributed by atoms with Gasteiger partial charge in [0, 0.05) is 38.9 Å². The number of hydrogen-bond donors (Lipinski definition) is 0. The molecule has 8 heteroatoms. The van der Waals surface area contributed by atoms with Crippen LogP contribution in [0.3, 0.4) is 0 Å². The topological polar surface area (TPSA) is 85.4 Å². The van der Waals surface area contributed by atoms with Crippen molar-refractivity contribution in [2.24, 2.45) is 0 Å². The molecule has 24 heavy (non-hydrogen) atoms. The summed E-state index contributed by atoms with van der Waals surface area (Å²) in [7, 11) is 0. The van der Waals surface area contributed by atoms with Crippen LogP contribution >= 0.6 is 23.4 Å². The fourth-order valence-corrected chi connectivity index (χ4v) is 3.58. The highest BCUT2D eigenvalue weighted by Crippen LogP contribution is 2.36. The Morgan fingerprint density at radius 1 is 1.38 bits per heavy atom. The van der Waals surface area contributed by atoms with Gasteiger partial charge in [-0.05, 0) is 18.2 Å². The Morgan fingerprint density at radius 2 is 2.21 bits per heavy atom. The zero-order chi connectivity index (χ0) is 17.1. The maximum absolute atomic E-state index is 10.8. The molecule has 3 rings (SSSR count). The van der Waals surface area contributed by atoms with Crippen LogP contribution in [0, 0.1) is 21.4 Å². The second-order valence-corrected chi connectivity index (χ2v) is 6.46. The summed E-state index contributed by atoms with van der Waals surface area (Å²) < 4.78 is 10.8. The Hall–Kier alpha value is -2.27. The summed E-state index contributed by atoms with van der Waals surface area (Å²) in [5.41, 5.74) is 1.95. The Labute approximate surface area is 147 Å². The van der Waals surface area contributed by atoms with E-state index < -0.39 is 4.92 Å². The zero-order valence-corrected chi connectivity index (χ0v) is 13.9. The number of ether oxygens (including phenoxy) is 2. The van der Waals surface area contributed by atoms with Crippen molar-refractivity contribution in [3.63, 3.8) is 0 Å². The predicted octanol–water partition coefficient (Wildman–Crippen LogP) is 4.28. The summed E-state index contributed by atoms with van der Waals surface area (Å²) in [4.78, 5) is 11.0. The smallest absolute Gasteiger partial charge is 0.270 e. The molecule has 122 valence electrons. The van der Waals surface area contributed by atoms with E-state index in [2.05, 4.69) is 0 Å². The molecule has 0 radical (unpaired) electrons. The largest absolute Gasteiger partial charge is 0.467 e. The molecule has 2 aromatic carbocycles. The van der Waals surface area contributed by atoms with E-state index in [0.29, 0.717) is 22.3 Å². The molecule has 0 aliphatic carbocycles. The quantitative estimate of drug-likeness (QED) is 0.458. The monoisotopic (exact) mass is 362 g/mol. The summed E-state index contributed by atoms with van der Waals surface area (Å²) in [6.07, 6.45) is 0. The third kappa shape index (κ3) is 3.46. The molecule has 0 atom stereocenters. The number of benzene rings is 2. The second-order valence-electron chi connectivity index (χ2n) is 5.00. The van der Waals surface area contributed by atoms with Crippen molar-refractivity contribution in [1.29, 1.82) is 5.26 Å². The minimum absolute atomic E-state index is 0.100. The number of hydrogen-bond acceptors (Lipinski definition) is 6. The highest BCUT2D eigenvalue weighted by Gasteiger charge is 2.17. The fourth-order valence-electron chi connectivity index (χ4n) is 2.36. The number of nitro benzene ring substituents is 1. The molecular formula is C16H11ClN2O4S. The Bertz CT molecular complexity index is 851. The SMILES string of the molecule is N#Cc1cc([N+](=O)[O-])ccc1SCc1cc(Cl)cc2c1OCOC2. The van der Waals surface area contributed by atoms with Gasteiger partial charge in [0.05, 0.1) is 17.1 Å². The molecular weight excluding hydrogens is 352 g/mol. The van der Waals surface area contributed by atoms with Gasteiger partial charge in [0.1, 0.15) is 11.8 Å². The maximum atomic E-state index is 10.8. The van der Waals surface area contributed by atoms with E-state index in [4.69, 9.17) is 21.1 Å². The molecule has 0 fully saturated rings. The first-order valence-corrected chi connectivity index (χ1v) is 8.28. The van der Waals surface area contributed by atoms with Crippen molar-refractivity contribution in [2.45, 2.75) is 17.3 Å². The second kappa shape index (κ2) is 7.09. The van der Waals surface area contributed by atoms with Crippen LogP contribution in [0.2, 0.25) is 5.02 Å². The minimum atomic E-state index is -0.517. The standard InChI is InChI=1S/C16H11ClN2O4S/c17-13-3-11-7-22-9-23-16(11)12(4-13)8-24-15-2-1-14(19(20)21)5-10(15)6-18/h1-5H,7-9H2. The number of fused-ring (bicyclic) bond motifs is 1. The molecule has 0 saturated carbocycles. The van der Waals surface area contributed by atoms with Crippen molar-refractivity contribution in [1.82, 2.24) is 0 Å². The molecule has 1 heterocycles. The lowest BCUT2D eigenvalue weighted by Gasteiger charge is -2.21. The van der Waals surface area contributed by atoms with E-state index in [1.165, 1.54) is 23.9 Å². The normalized spacial score (nSPS) is 12.8. The van der Waals surface area contributed by atoms with Crippen LogP contribution < -0.4 is 4.74 Å². The van der Waals surface area contributed by atoms with Gasteiger partial charge in [0.15, 0.2) is 6.79 Å². The van der Waals surface area contributed by atoms with Gasteiger partial charge in [0.2, 0.25) is 0 Å². The summed E-state index contributed by atoms with van der Waals surface area (Å²) in [5.74, 6) is 1.27. The van der Waals surface area contributed by atoms with Gasteiger partial charge in [-0.2, -0.15) is 5.26 Å². The van der Waals surface area contributed by atoms with Crippen molar-refractivity contribution in [3.8, 4) is 11.8 Å². The molecule has 0 unspecified atom stereocenters. The zero-order valence-electron chi connectivity index (χ0n) is 12.3. The third-order valence-electron chi connectivity index (χ3n) is 3.43. The average molecular weight is 363 g/mol. The number of rotatable bonds is 4. The van der Waals surface area contributed by atoms with Crippen molar-refractivity contribution < 1.29 is 14.4 Å². The number of nitrogens with zero attached hydrogens (tertiary/aromatic N) is 2. The summed E-state index contributed by atoms with van der Waals surface area (Å²) in [5, 5.41) is 20.6. The number of nitriles is 1. The van der Waals surface area contributed by atoms with E-state index in [0.717, 1.165) is 16.9 Å². The average Bonchev–Trinajstić information content (AvgIpc) is 2.59. The van der Waals surface area contributed by atoms with E-state index in [1.807, 2.05) is 12.1 Å². The van der Waals surface area contributed by atoms with E-state index >= 15 is 0 Å². The first-order valence-electron chi connectivity index (χ1n) is 6.91. The minimum Gasteiger partial charge on any atom is -0.467 e. The molecule has 1 aliphatic heterocycles. The molecule has 0 spiro atoms. The Morgan fingerprint density at radius 3 is 2.96 bits per heavy atom. The van der Waals surface area contributed by atoms with E-state index in [-0.39, 0.29) is 18.0 Å². The Balaban J connectivity index is 1.85. The van der Waals surface area contributed by atoms with Gasteiger partial charge >= 0.3 is 0 Å². The highest BCUT2D eigenvalue weighted by molar-refractivity contribution is 7.98. The lowest BCUT2D eigenvalue weighted by atomic mass is 10.1. The molecule has 0 saturated heterocycles. The first kappa shape index (κ1) is 16.6. The predicted molar refractivity (Wildman–Crippen MR) is 89.1 cm³/mol. The fraction of sp³-hybridized carbons (Fsp3) is 0.188. The lowest BCUT2D eigenvalue weighted by Crippen LogP contribution is -2.12. The summed E-state index contributed by atoms with van der Waals surface area (Å²) in [6.45, 7) is 0.627. The van der Waals surface area contributed by atoms with Crippen molar-refractivity contribution in [2.75, 3.05) is 6.79 Å². The Kier molecular flexibility index (Phi) is 4.90. The van der Waals surface area contributed by atoms with Crippen molar-refractivity contribution in [3.05, 3.63) is 62.2 Å². The van der Waals surface area contributed by atoms with Gasteiger partial charge in [-0.15, -0.1) is 11.8 Å². The van der Waals surface area contributed by atoms with Crippen LogP contribution in [0.4, 0.5) is 5.69 Å². The van der Waals surface area contributed by atoms with Gasteiger partial charge in [-0.1, -0.05) is 11.6 Å². The van der Waals surface area contributed by atoms with Crippen LogP contribution in [0.15, 0.2) is 35.2 Å². The number of nitro groups is 1. The molecule has 1 aliphatic rings. The van der Waals surface area contributed by atoms with Crippen molar-refractivity contribution >= 4 is 29.1 Å². The number of non-ortho nitro benzene ring substituents is 1. The molecule has 0 aromatic heterocycles.